The van der Waals surface area contributed by atoms with Gasteiger partial charge in [-0.15, -0.1) is 0 Å². The van der Waals surface area contributed by atoms with Crippen molar-refractivity contribution in [1.82, 2.24) is 0 Å². The van der Waals surface area contributed by atoms with E-state index in [0.717, 1.165) is 42.6 Å². The van der Waals surface area contributed by atoms with Gasteiger partial charge in [0.15, 0.2) is 0 Å². The molecule has 0 unspecified atom stereocenters. The molecule has 1 spiro atoms. The number of benzene rings is 2. The lowest BCUT2D eigenvalue weighted by molar-refractivity contribution is -0.139. The number of rotatable bonds is 1. The third-order valence-electron chi connectivity index (χ3n) is 13.2. The fourth-order valence-corrected chi connectivity index (χ4v) is 10.8. The molecule has 0 bridgehead atoms. The van der Waals surface area contributed by atoms with E-state index >= 15 is 0 Å². The van der Waals surface area contributed by atoms with E-state index in [9.17, 15) is 9.90 Å². The topological polar surface area (TPSA) is 76.1 Å². The molecule has 10 rings (SSSR count). The van der Waals surface area contributed by atoms with Gasteiger partial charge < -0.3 is 18.7 Å². The van der Waals surface area contributed by atoms with E-state index in [4.69, 9.17) is 13.6 Å². The van der Waals surface area contributed by atoms with Crippen molar-refractivity contribution >= 4 is 17.0 Å². The van der Waals surface area contributed by atoms with Crippen LogP contribution < -0.4 is 5.63 Å². The van der Waals surface area contributed by atoms with Gasteiger partial charge in [-0.25, -0.2) is 4.79 Å². The van der Waals surface area contributed by atoms with Gasteiger partial charge in [-0.2, -0.15) is 0 Å². The number of fused-ring (bicyclic) bond motifs is 5. The molecule has 5 aliphatic carbocycles. The Kier molecular flexibility index (Phi) is 7.41. The predicted molar refractivity (Wildman–Crippen MR) is 180 cm³/mol. The molecule has 0 amide bonds. The maximum atomic E-state index is 11.4. The minimum absolute atomic E-state index is 0.0285. The molecule has 46 heavy (non-hydrogen) atoms. The summed E-state index contributed by atoms with van der Waals surface area (Å²) in [5.41, 5.74) is 5.24. The summed E-state index contributed by atoms with van der Waals surface area (Å²) >= 11 is 0. The first-order valence-electron chi connectivity index (χ1n) is 17.4. The lowest BCUT2D eigenvalue weighted by Gasteiger charge is -2.61. The summed E-state index contributed by atoms with van der Waals surface area (Å²) in [7, 11) is 0. The van der Waals surface area contributed by atoms with E-state index in [-0.39, 0.29) is 22.7 Å². The number of aliphatic hydroxyl groups is 1. The summed E-state index contributed by atoms with van der Waals surface area (Å²) in [6.45, 7) is 4.97. The van der Waals surface area contributed by atoms with Gasteiger partial charge in [0.2, 0.25) is 0 Å². The van der Waals surface area contributed by atoms with Gasteiger partial charge >= 0.3 is 5.63 Å². The van der Waals surface area contributed by atoms with Gasteiger partial charge in [0.05, 0.1) is 24.7 Å². The highest BCUT2D eigenvalue weighted by Gasteiger charge is 2.80. The van der Waals surface area contributed by atoms with Gasteiger partial charge in [0, 0.05) is 16.9 Å². The average molecular weight is 619 g/mol. The number of hydrogen-bond acceptors (Lipinski definition) is 5. The molecule has 2 aromatic heterocycles. The highest BCUT2D eigenvalue weighted by Crippen LogP contribution is 2.77. The van der Waals surface area contributed by atoms with Crippen LogP contribution in [-0.4, -0.2) is 22.9 Å². The van der Waals surface area contributed by atoms with Gasteiger partial charge in [-0.1, -0.05) is 68.5 Å². The van der Waals surface area contributed by atoms with Crippen LogP contribution in [0.15, 0.2) is 99.0 Å². The first-order valence-corrected chi connectivity index (χ1v) is 17.4. The van der Waals surface area contributed by atoms with Crippen LogP contribution in [0.5, 0.6) is 0 Å². The Bertz CT molecular complexity index is 1750. The van der Waals surface area contributed by atoms with Crippen LogP contribution in [0.1, 0.15) is 87.8 Å². The maximum Gasteiger partial charge on any atom is 0.335 e. The smallest absolute Gasteiger partial charge is 0.335 e. The Balaban J connectivity index is 0.000000140. The lowest BCUT2D eigenvalue weighted by atomic mass is 9.44. The van der Waals surface area contributed by atoms with Gasteiger partial charge in [-0.05, 0) is 122 Å². The summed E-state index contributed by atoms with van der Waals surface area (Å²) in [6.07, 6.45) is 18.3. The number of para-hydroxylation sites is 1. The lowest BCUT2D eigenvalue weighted by Crippen LogP contribution is -2.58. The molecule has 6 aliphatic rings. The summed E-state index contributed by atoms with van der Waals surface area (Å²) < 4.78 is 16.9. The average Bonchev–Trinajstić information content (AvgIpc) is 3.39. The number of aliphatic hydroxyl groups excluding tert-OH is 1. The van der Waals surface area contributed by atoms with Crippen molar-refractivity contribution in [3.05, 3.63) is 112 Å². The van der Waals surface area contributed by atoms with E-state index in [1.807, 2.05) is 36.4 Å². The van der Waals surface area contributed by atoms with Crippen LogP contribution in [0.3, 0.4) is 0 Å². The molecular formula is C41H46O5. The molecule has 9 atom stereocenters. The van der Waals surface area contributed by atoms with Crippen LogP contribution >= 0.6 is 0 Å². The molecule has 0 radical (unpaired) electrons. The van der Waals surface area contributed by atoms with E-state index < -0.39 is 0 Å². The van der Waals surface area contributed by atoms with Crippen LogP contribution in [0.4, 0.5) is 0 Å². The zero-order valence-corrected chi connectivity index (χ0v) is 27.1. The van der Waals surface area contributed by atoms with Crippen molar-refractivity contribution in [1.29, 1.82) is 0 Å². The number of ether oxygens (including phenoxy) is 1. The molecule has 5 nitrogen and oxygen atoms in total. The van der Waals surface area contributed by atoms with E-state index in [0.29, 0.717) is 29.3 Å². The van der Waals surface area contributed by atoms with Crippen LogP contribution in [0, 0.1) is 28.6 Å². The Morgan fingerprint density at radius 2 is 1.67 bits per heavy atom. The van der Waals surface area contributed by atoms with E-state index in [1.165, 1.54) is 48.8 Å². The number of hydrogen-bond donors (Lipinski definition) is 1. The highest BCUT2D eigenvalue weighted by atomic mass is 16.6. The second-order valence-corrected chi connectivity index (χ2v) is 15.2. The summed E-state index contributed by atoms with van der Waals surface area (Å²) in [4.78, 5) is 11.4. The predicted octanol–water partition coefficient (Wildman–Crippen LogP) is 8.95. The quantitative estimate of drug-likeness (QED) is 0.216. The Morgan fingerprint density at radius 1 is 0.826 bits per heavy atom. The number of furan rings is 1. The van der Waals surface area contributed by atoms with Crippen LogP contribution in [-0.2, 0) is 11.2 Å². The van der Waals surface area contributed by atoms with Crippen LogP contribution in [0.2, 0.25) is 0 Å². The summed E-state index contributed by atoms with van der Waals surface area (Å²) in [5, 5.41) is 11.4. The van der Waals surface area contributed by atoms with Gasteiger partial charge in [0.1, 0.15) is 11.2 Å². The second-order valence-electron chi connectivity index (χ2n) is 15.2. The molecule has 5 fully saturated rings. The first-order chi connectivity index (χ1) is 22.3. The third kappa shape index (κ3) is 4.76. The minimum Gasteiger partial charge on any atom is -0.464 e. The van der Waals surface area contributed by atoms with Crippen molar-refractivity contribution in [2.75, 3.05) is 0 Å². The molecule has 240 valence electrons. The zero-order chi connectivity index (χ0) is 31.5. The molecule has 1 N–H and O–H groups in total. The van der Waals surface area contributed by atoms with Crippen LogP contribution in [0.25, 0.3) is 17.0 Å². The molecule has 4 aromatic rings. The SMILES string of the molecule is C1=Cc2ccccc2C1.C[C@]12CC[C@H](O)C[C@H]1CC[C@@H]1[C@@H]2CC[C@]2(C)[C@@H](c3ccc(=O)oc3)C[C@H]3O[C@]132.c1ccc2occc2c1. The van der Waals surface area contributed by atoms with Crippen molar-refractivity contribution in [2.24, 2.45) is 28.6 Å². The maximum absolute atomic E-state index is 11.4. The standard InChI is InChI=1S/C24H32O4.C9H8.C8H6O/c1-22-9-7-16(25)11-15(22)4-5-18-17(22)8-10-23(2)19(12-20-24(18,23)28-20)14-3-6-21(26)27-13-14;1-2-5-9-7-3-6-8(9)4-1;1-2-4-8-7(3-1)5-6-9-8/h3,6,13,15-20,25H,4-5,7-12H2,1-2H3;1-6H,7H2;1-6H/t15-,16+,17+,18-,19-,20-,22+,23-,24-;;/m1../s1. The van der Waals surface area contributed by atoms with E-state index in [1.54, 1.807) is 18.6 Å². The molecule has 5 heteroatoms. The number of allylic oxidation sites excluding steroid dienone is 1. The molecule has 4 saturated carbocycles. The summed E-state index contributed by atoms with van der Waals surface area (Å²) in [6, 6.07) is 21.9. The molecule has 1 aliphatic heterocycles. The molecule has 1 saturated heterocycles. The zero-order valence-electron chi connectivity index (χ0n) is 27.1. The Labute approximate surface area is 271 Å². The summed E-state index contributed by atoms with van der Waals surface area (Å²) in [5.74, 6) is 2.48. The van der Waals surface area contributed by atoms with Gasteiger partial charge in [0.25, 0.3) is 0 Å². The minimum atomic E-state index is -0.266. The largest absolute Gasteiger partial charge is 0.464 e. The highest BCUT2D eigenvalue weighted by molar-refractivity contribution is 5.76. The number of epoxide rings is 1. The fraction of sp³-hybridized carbons (Fsp3) is 0.488. The normalized spacial score (nSPS) is 37.7. The molecule has 3 heterocycles. The van der Waals surface area contributed by atoms with Crippen molar-refractivity contribution in [3.63, 3.8) is 0 Å². The van der Waals surface area contributed by atoms with Crippen molar-refractivity contribution in [2.45, 2.75) is 95.4 Å². The van der Waals surface area contributed by atoms with Crippen molar-refractivity contribution < 1.29 is 18.7 Å². The second kappa shape index (κ2) is 11.4. The third-order valence-corrected chi connectivity index (χ3v) is 13.2. The molecular weight excluding hydrogens is 572 g/mol. The van der Waals surface area contributed by atoms with Gasteiger partial charge in [-0.3, -0.25) is 0 Å². The van der Waals surface area contributed by atoms with Crippen molar-refractivity contribution in [3.8, 4) is 0 Å². The Hall–Kier alpha value is -3.41. The van der Waals surface area contributed by atoms with E-state index in [2.05, 4.69) is 50.3 Å². The first kappa shape index (κ1) is 30.0. The molecule has 2 aromatic carbocycles. The monoisotopic (exact) mass is 618 g/mol. The Morgan fingerprint density at radius 3 is 2.50 bits per heavy atom. The fourth-order valence-electron chi connectivity index (χ4n) is 10.8.